The highest BCUT2D eigenvalue weighted by Gasteiger charge is 2.14. The van der Waals surface area contributed by atoms with E-state index in [1.807, 2.05) is 13.8 Å². The van der Waals surface area contributed by atoms with Crippen molar-refractivity contribution in [1.29, 1.82) is 5.26 Å². The normalized spacial score (nSPS) is 10.1. The highest BCUT2D eigenvalue weighted by atomic mass is 15.1. The lowest BCUT2D eigenvalue weighted by atomic mass is 9.89. The van der Waals surface area contributed by atoms with Crippen molar-refractivity contribution < 1.29 is 0 Å². The molecule has 0 amide bonds. The van der Waals surface area contributed by atoms with Gasteiger partial charge in [0, 0.05) is 11.5 Å². The van der Waals surface area contributed by atoms with Crippen molar-refractivity contribution in [3.63, 3.8) is 0 Å². The van der Waals surface area contributed by atoms with Crippen LogP contribution in [0.1, 0.15) is 33.1 Å². The summed E-state index contributed by atoms with van der Waals surface area (Å²) in [6.07, 6.45) is 2.68. The van der Waals surface area contributed by atoms with Gasteiger partial charge in [-0.3, -0.25) is 0 Å². The Hall–Kier alpha value is -1.20. The second kappa shape index (κ2) is 5.45. The van der Waals surface area contributed by atoms with Gasteiger partial charge in [0.05, 0.1) is 11.5 Å². The zero-order valence-corrected chi connectivity index (χ0v) is 7.62. The van der Waals surface area contributed by atoms with Gasteiger partial charge < -0.3 is 0 Å². The van der Waals surface area contributed by atoms with Crippen molar-refractivity contribution in [2.24, 2.45) is 10.5 Å². The zero-order chi connectivity index (χ0) is 9.45. The molecule has 0 saturated carbocycles. The average Bonchev–Trinajstić information content (AvgIpc) is 2.04. The lowest BCUT2D eigenvalue weighted by Crippen LogP contribution is -2.07. The molecule has 4 heteroatoms. The number of unbranched alkanes of at least 4 members (excludes halogenated alkanes) is 1. The minimum atomic E-state index is -0.240. The molecule has 0 aromatic carbocycles. The molecule has 0 saturated heterocycles. The Balaban J connectivity index is 3.45. The summed E-state index contributed by atoms with van der Waals surface area (Å²) >= 11 is 0. The first-order valence-corrected chi connectivity index (χ1v) is 4.04. The molecule has 4 nitrogen and oxygen atoms in total. The van der Waals surface area contributed by atoms with Gasteiger partial charge in [-0.05, 0) is 32.2 Å². The lowest BCUT2D eigenvalue weighted by molar-refractivity contribution is 0.428. The van der Waals surface area contributed by atoms with Crippen LogP contribution in [0.3, 0.4) is 0 Å². The van der Waals surface area contributed by atoms with Crippen LogP contribution >= 0.6 is 0 Å². The first-order chi connectivity index (χ1) is 5.62. The number of hydrogen-bond donors (Lipinski definition) is 0. The fourth-order valence-electron chi connectivity index (χ4n) is 0.850. The maximum atomic E-state index is 8.66. The fraction of sp³-hybridized carbons (Fsp3) is 0.875. The Labute approximate surface area is 72.8 Å². The topological polar surface area (TPSA) is 72.5 Å². The molecule has 0 atom stereocenters. The Morgan fingerprint density at radius 2 is 2.17 bits per heavy atom. The maximum absolute atomic E-state index is 8.66. The van der Waals surface area contributed by atoms with E-state index in [1.54, 1.807) is 0 Å². The molecule has 0 aliphatic heterocycles. The van der Waals surface area contributed by atoms with Crippen LogP contribution in [0.5, 0.6) is 0 Å². The minimum absolute atomic E-state index is 0.240. The zero-order valence-electron chi connectivity index (χ0n) is 7.62. The Morgan fingerprint density at radius 3 is 2.67 bits per heavy atom. The van der Waals surface area contributed by atoms with Crippen LogP contribution in [0.4, 0.5) is 0 Å². The van der Waals surface area contributed by atoms with Gasteiger partial charge in [0.25, 0.3) is 0 Å². The second-order valence-electron chi connectivity index (χ2n) is 3.41. The van der Waals surface area contributed by atoms with E-state index in [9.17, 15) is 0 Å². The van der Waals surface area contributed by atoms with Gasteiger partial charge in [-0.2, -0.15) is 5.26 Å². The third kappa shape index (κ3) is 5.57. The van der Waals surface area contributed by atoms with Crippen LogP contribution in [0.2, 0.25) is 0 Å². The summed E-state index contributed by atoms with van der Waals surface area (Å²) in [5.74, 6) is 0. The SMILES string of the molecule is CC(C)(C#N)CCCCN=[N+]=[N-]. The van der Waals surface area contributed by atoms with Crippen LogP contribution in [0.25, 0.3) is 10.4 Å². The maximum Gasteiger partial charge on any atom is 0.0683 e. The first kappa shape index (κ1) is 10.8. The Morgan fingerprint density at radius 1 is 1.50 bits per heavy atom. The average molecular weight is 166 g/mol. The summed E-state index contributed by atoms with van der Waals surface area (Å²) in [5.41, 5.74) is 7.74. The highest BCUT2D eigenvalue weighted by molar-refractivity contribution is 4.91. The smallest absolute Gasteiger partial charge is 0.0683 e. The Kier molecular flexibility index (Phi) is 4.91. The molecule has 0 heterocycles. The summed E-state index contributed by atoms with van der Waals surface area (Å²) in [7, 11) is 0. The van der Waals surface area contributed by atoms with Crippen LogP contribution in [-0.4, -0.2) is 6.54 Å². The molecule has 0 aromatic rings. The van der Waals surface area contributed by atoms with E-state index in [-0.39, 0.29) is 5.41 Å². The minimum Gasteiger partial charge on any atom is -0.198 e. The molecular formula is C8H14N4. The first-order valence-electron chi connectivity index (χ1n) is 4.04. The molecule has 0 unspecified atom stereocenters. The van der Waals surface area contributed by atoms with E-state index < -0.39 is 0 Å². The quantitative estimate of drug-likeness (QED) is 0.268. The molecule has 0 spiro atoms. The van der Waals surface area contributed by atoms with E-state index in [2.05, 4.69) is 16.1 Å². The molecule has 0 aliphatic carbocycles. The van der Waals surface area contributed by atoms with Gasteiger partial charge in [0.2, 0.25) is 0 Å². The van der Waals surface area contributed by atoms with Crippen molar-refractivity contribution in [3.8, 4) is 6.07 Å². The monoisotopic (exact) mass is 166 g/mol. The van der Waals surface area contributed by atoms with E-state index in [4.69, 9.17) is 10.8 Å². The van der Waals surface area contributed by atoms with Crippen LogP contribution in [-0.2, 0) is 0 Å². The molecule has 0 fully saturated rings. The summed E-state index contributed by atoms with van der Waals surface area (Å²) in [6.45, 7) is 4.37. The van der Waals surface area contributed by atoms with Crippen LogP contribution in [0, 0.1) is 16.7 Å². The van der Waals surface area contributed by atoms with E-state index in [0.29, 0.717) is 6.54 Å². The predicted octanol–water partition coefficient (Wildman–Crippen LogP) is 3.02. The standard InChI is InChI=1S/C8H14N4/c1-8(2,7-9)5-3-4-6-11-12-10/h3-6H2,1-2H3. The molecule has 0 radical (unpaired) electrons. The number of nitrogens with zero attached hydrogens (tertiary/aromatic N) is 4. The second-order valence-corrected chi connectivity index (χ2v) is 3.41. The highest BCUT2D eigenvalue weighted by Crippen LogP contribution is 2.21. The third-order valence-electron chi connectivity index (χ3n) is 1.68. The van der Waals surface area contributed by atoms with Crippen molar-refractivity contribution in [2.75, 3.05) is 6.54 Å². The van der Waals surface area contributed by atoms with Crippen molar-refractivity contribution in [1.82, 2.24) is 0 Å². The number of azide groups is 1. The van der Waals surface area contributed by atoms with Gasteiger partial charge in [-0.1, -0.05) is 11.5 Å². The third-order valence-corrected chi connectivity index (χ3v) is 1.68. The largest absolute Gasteiger partial charge is 0.198 e. The summed E-state index contributed by atoms with van der Waals surface area (Å²) in [5, 5.41) is 12.1. The molecule has 0 bridgehead atoms. The van der Waals surface area contributed by atoms with Gasteiger partial charge in [-0.25, -0.2) is 0 Å². The van der Waals surface area contributed by atoms with Gasteiger partial charge in [0.1, 0.15) is 0 Å². The molecule has 0 aromatic heterocycles. The summed E-state index contributed by atoms with van der Waals surface area (Å²) in [6, 6.07) is 2.23. The Bertz CT molecular complexity index is 208. The molecule has 12 heavy (non-hydrogen) atoms. The fourth-order valence-corrected chi connectivity index (χ4v) is 0.850. The van der Waals surface area contributed by atoms with E-state index in [1.165, 1.54) is 0 Å². The molecule has 66 valence electrons. The van der Waals surface area contributed by atoms with E-state index >= 15 is 0 Å². The van der Waals surface area contributed by atoms with Crippen molar-refractivity contribution >= 4 is 0 Å². The summed E-state index contributed by atoms with van der Waals surface area (Å²) < 4.78 is 0. The van der Waals surface area contributed by atoms with E-state index in [0.717, 1.165) is 19.3 Å². The van der Waals surface area contributed by atoms with Crippen LogP contribution < -0.4 is 0 Å². The predicted molar refractivity (Wildman–Crippen MR) is 47.3 cm³/mol. The lowest BCUT2D eigenvalue weighted by Gasteiger charge is -2.13. The molecule has 0 rings (SSSR count). The summed E-state index contributed by atoms with van der Waals surface area (Å²) in [4.78, 5) is 2.65. The van der Waals surface area contributed by atoms with Gasteiger partial charge in [-0.15, -0.1) is 0 Å². The van der Waals surface area contributed by atoms with Crippen molar-refractivity contribution in [2.45, 2.75) is 33.1 Å². The number of hydrogen-bond acceptors (Lipinski definition) is 2. The van der Waals surface area contributed by atoms with Crippen molar-refractivity contribution in [3.05, 3.63) is 10.4 Å². The number of nitriles is 1. The number of rotatable bonds is 5. The van der Waals surface area contributed by atoms with Gasteiger partial charge >= 0.3 is 0 Å². The molecule has 0 N–H and O–H groups in total. The molecule has 0 aliphatic rings. The van der Waals surface area contributed by atoms with Crippen LogP contribution in [0.15, 0.2) is 5.11 Å². The van der Waals surface area contributed by atoms with Gasteiger partial charge in [0.15, 0.2) is 0 Å². The molecular weight excluding hydrogens is 152 g/mol.